The van der Waals surface area contributed by atoms with Crippen LogP contribution in [0.4, 0.5) is 5.82 Å². The van der Waals surface area contributed by atoms with Gasteiger partial charge in [-0.25, -0.2) is 4.98 Å². The second-order valence-electron chi connectivity index (χ2n) is 6.65. The van der Waals surface area contributed by atoms with Crippen molar-refractivity contribution in [1.29, 1.82) is 0 Å². The minimum Gasteiger partial charge on any atom is -0.497 e. The van der Waals surface area contributed by atoms with Crippen molar-refractivity contribution < 1.29 is 14.3 Å². The van der Waals surface area contributed by atoms with Crippen LogP contribution in [0, 0.1) is 0 Å². The summed E-state index contributed by atoms with van der Waals surface area (Å²) in [4.78, 5) is 19.3. The highest BCUT2D eigenvalue weighted by Gasteiger charge is 2.19. The van der Waals surface area contributed by atoms with Crippen LogP contribution in [0.25, 0.3) is 0 Å². The molecule has 0 N–H and O–H groups in total. The number of methoxy groups -OCH3 is 1. The van der Waals surface area contributed by atoms with Crippen molar-refractivity contribution >= 4 is 11.7 Å². The van der Waals surface area contributed by atoms with Crippen molar-refractivity contribution in [1.82, 2.24) is 4.98 Å². The van der Waals surface area contributed by atoms with Crippen LogP contribution < -0.4 is 14.4 Å². The smallest absolute Gasteiger partial charge is 0.259 e. The van der Waals surface area contributed by atoms with Gasteiger partial charge < -0.3 is 9.47 Å². The molecule has 0 saturated carbocycles. The van der Waals surface area contributed by atoms with E-state index in [0.29, 0.717) is 24.5 Å². The molecule has 150 valence electrons. The topological polar surface area (TPSA) is 51.7 Å². The van der Waals surface area contributed by atoms with Gasteiger partial charge in [-0.1, -0.05) is 31.5 Å². The fraction of sp³-hybridized carbons (Fsp3) is 0.250. The lowest BCUT2D eigenvalue weighted by Gasteiger charge is -2.22. The van der Waals surface area contributed by atoms with Gasteiger partial charge in [-0.3, -0.25) is 9.69 Å². The summed E-state index contributed by atoms with van der Waals surface area (Å²) >= 11 is 0. The number of unbranched alkanes of at least 4 members (excludes halogenated alkanes) is 1. The van der Waals surface area contributed by atoms with E-state index in [1.165, 1.54) is 0 Å². The van der Waals surface area contributed by atoms with Crippen LogP contribution in [0.5, 0.6) is 11.5 Å². The fourth-order valence-electron chi connectivity index (χ4n) is 2.87. The number of ether oxygens (including phenoxy) is 2. The van der Waals surface area contributed by atoms with Gasteiger partial charge in [-0.05, 0) is 60.5 Å². The van der Waals surface area contributed by atoms with E-state index in [-0.39, 0.29) is 5.91 Å². The number of anilines is 1. The molecule has 0 unspecified atom stereocenters. The normalized spacial score (nSPS) is 10.4. The molecule has 3 aromatic rings. The summed E-state index contributed by atoms with van der Waals surface area (Å²) in [5, 5.41) is 0. The van der Waals surface area contributed by atoms with E-state index >= 15 is 0 Å². The average Bonchev–Trinajstić information content (AvgIpc) is 2.79. The molecule has 0 saturated heterocycles. The Kier molecular flexibility index (Phi) is 7.22. The zero-order valence-corrected chi connectivity index (χ0v) is 16.9. The number of rotatable bonds is 9. The molecule has 29 heavy (non-hydrogen) atoms. The zero-order chi connectivity index (χ0) is 20.5. The molecule has 5 nitrogen and oxygen atoms in total. The molecule has 0 aliphatic rings. The van der Waals surface area contributed by atoms with E-state index < -0.39 is 0 Å². The first-order valence-electron chi connectivity index (χ1n) is 9.80. The number of amides is 1. The predicted octanol–water partition coefficient (Wildman–Crippen LogP) is 5.12. The van der Waals surface area contributed by atoms with Gasteiger partial charge in [-0.15, -0.1) is 0 Å². The van der Waals surface area contributed by atoms with Crippen molar-refractivity contribution in [3.05, 3.63) is 84.1 Å². The third kappa shape index (κ3) is 5.57. The summed E-state index contributed by atoms with van der Waals surface area (Å²) < 4.78 is 10.9. The molecular weight excluding hydrogens is 364 g/mol. The second kappa shape index (κ2) is 10.3. The number of carbonyl (C=O) groups excluding carboxylic acids is 1. The molecule has 0 fully saturated rings. The second-order valence-corrected chi connectivity index (χ2v) is 6.65. The Morgan fingerprint density at radius 1 is 0.966 bits per heavy atom. The molecule has 3 rings (SSSR count). The van der Waals surface area contributed by atoms with Crippen LogP contribution in [-0.4, -0.2) is 24.6 Å². The van der Waals surface area contributed by atoms with Crippen molar-refractivity contribution in [2.24, 2.45) is 0 Å². The molecule has 5 heteroatoms. The Morgan fingerprint density at radius 2 is 1.69 bits per heavy atom. The zero-order valence-electron chi connectivity index (χ0n) is 16.9. The number of hydrogen-bond donors (Lipinski definition) is 0. The molecule has 0 radical (unpaired) electrons. The molecule has 0 aliphatic carbocycles. The fourth-order valence-corrected chi connectivity index (χ4v) is 2.87. The minimum absolute atomic E-state index is 0.111. The number of pyridine rings is 1. The quantitative estimate of drug-likeness (QED) is 0.476. The van der Waals surface area contributed by atoms with Gasteiger partial charge in [0.1, 0.15) is 17.3 Å². The SMILES string of the molecule is CCCCOc1ccc(C(=O)N(Cc2ccc(OC)cc2)c2ccccn2)cc1. The average molecular weight is 390 g/mol. The van der Waals surface area contributed by atoms with E-state index in [0.717, 1.165) is 29.9 Å². The van der Waals surface area contributed by atoms with Gasteiger partial charge in [0.2, 0.25) is 0 Å². The van der Waals surface area contributed by atoms with Crippen LogP contribution in [0.2, 0.25) is 0 Å². The van der Waals surface area contributed by atoms with Crippen molar-refractivity contribution in [2.45, 2.75) is 26.3 Å². The van der Waals surface area contributed by atoms with Gasteiger partial charge in [0.05, 0.1) is 20.3 Å². The third-order valence-corrected chi connectivity index (χ3v) is 4.54. The summed E-state index contributed by atoms with van der Waals surface area (Å²) in [7, 11) is 1.63. The van der Waals surface area contributed by atoms with Gasteiger partial charge in [0.15, 0.2) is 0 Å². The first-order chi connectivity index (χ1) is 14.2. The van der Waals surface area contributed by atoms with Crippen molar-refractivity contribution in [2.75, 3.05) is 18.6 Å². The Balaban J connectivity index is 1.80. The van der Waals surface area contributed by atoms with Crippen LogP contribution in [0.1, 0.15) is 35.7 Å². The maximum Gasteiger partial charge on any atom is 0.259 e. The first-order valence-corrected chi connectivity index (χ1v) is 9.80. The maximum absolute atomic E-state index is 13.3. The van der Waals surface area contributed by atoms with Crippen LogP contribution in [0.3, 0.4) is 0 Å². The monoisotopic (exact) mass is 390 g/mol. The maximum atomic E-state index is 13.3. The largest absolute Gasteiger partial charge is 0.497 e. The standard InChI is InChI=1S/C24H26N2O3/c1-3-4-17-29-22-14-10-20(11-15-22)24(27)26(23-7-5-6-16-25-23)18-19-8-12-21(28-2)13-9-19/h5-16H,3-4,17-18H2,1-2H3. The lowest BCUT2D eigenvalue weighted by Crippen LogP contribution is -2.31. The van der Waals surface area contributed by atoms with Crippen LogP contribution in [-0.2, 0) is 6.54 Å². The Hall–Kier alpha value is -3.34. The van der Waals surface area contributed by atoms with Crippen molar-refractivity contribution in [3.8, 4) is 11.5 Å². The number of aromatic nitrogens is 1. The Bertz CT molecular complexity index is 894. The number of benzene rings is 2. The third-order valence-electron chi connectivity index (χ3n) is 4.54. The summed E-state index contributed by atoms with van der Waals surface area (Å²) in [6.07, 6.45) is 3.78. The van der Waals surface area contributed by atoms with E-state index in [1.54, 1.807) is 30.3 Å². The van der Waals surface area contributed by atoms with Crippen molar-refractivity contribution in [3.63, 3.8) is 0 Å². The highest BCUT2D eigenvalue weighted by molar-refractivity contribution is 6.05. The Labute approximate surface area is 171 Å². The summed E-state index contributed by atoms with van der Waals surface area (Å²) in [6, 6.07) is 20.5. The number of nitrogens with zero attached hydrogens (tertiary/aromatic N) is 2. The lowest BCUT2D eigenvalue weighted by atomic mass is 10.1. The number of hydrogen-bond acceptors (Lipinski definition) is 4. The van der Waals surface area contributed by atoms with Gasteiger partial charge in [0.25, 0.3) is 5.91 Å². The van der Waals surface area contributed by atoms with E-state index in [4.69, 9.17) is 9.47 Å². The van der Waals surface area contributed by atoms with E-state index in [9.17, 15) is 4.79 Å². The summed E-state index contributed by atoms with van der Waals surface area (Å²) in [6.45, 7) is 3.22. The minimum atomic E-state index is -0.111. The molecule has 0 spiro atoms. The molecule has 1 amide bonds. The Morgan fingerprint density at radius 3 is 2.31 bits per heavy atom. The van der Waals surface area contributed by atoms with E-state index in [2.05, 4.69) is 11.9 Å². The highest BCUT2D eigenvalue weighted by atomic mass is 16.5. The first kappa shape index (κ1) is 20.4. The molecule has 1 aromatic heterocycles. The van der Waals surface area contributed by atoms with Gasteiger partial charge >= 0.3 is 0 Å². The summed E-state index contributed by atoms with van der Waals surface area (Å²) in [5.74, 6) is 2.05. The van der Waals surface area contributed by atoms with Crippen LogP contribution >= 0.6 is 0 Å². The molecular formula is C24H26N2O3. The number of carbonyl (C=O) groups is 1. The lowest BCUT2D eigenvalue weighted by molar-refractivity contribution is 0.0984. The molecule has 2 aromatic carbocycles. The highest BCUT2D eigenvalue weighted by Crippen LogP contribution is 2.21. The molecule has 0 aliphatic heterocycles. The molecule has 0 atom stereocenters. The van der Waals surface area contributed by atoms with E-state index in [1.807, 2.05) is 54.6 Å². The van der Waals surface area contributed by atoms with Gasteiger partial charge in [-0.2, -0.15) is 0 Å². The van der Waals surface area contributed by atoms with Gasteiger partial charge in [0, 0.05) is 11.8 Å². The predicted molar refractivity (Wildman–Crippen MR) is 115 cm³/mol. The molecule has 0 bridgehead atoms. The molecule has 1 heterocycles. The summed E-state index contributed by atoms with van der Waals surface area (Å²) in [5.41, 5.74) is 1.58. The van der Waals surface area contributed by atoms with Crippen LogP contribution in [0.15, 0.2) is 72.9 Å².